The quantitative estimate of drug-likeness (QED) is 0.302. The maximum absolute atomic E-state index is 13.7. The van der Waals surface area contributed by atoms with Crippen molar-refractivity contribution in [2.75, 3.05) is 13.6 Å². The third-order valence-electron chi connectivity index (χ3n) is 9.11. The summed E-state index contributed by atoms with van der Waals surface area (Å²) in [5.74, 6) is -4.56. The molecule has 214 valence electrons. The van der Waals surface area contributed by atoms with Crippen LogP contribution in [-0.4, -0.2) is 61.9 Å². The molecule has 2 aromatic rings. The summed E-state index contributed by atoms with van der Waals surface area (Å²) < 4.78 is 5.88. The van der Waals surface area contributed by atoms with Gasteiger partial charge >= 0.3 is 0 Å². The van der Waals surface area contributed by atoms with Gasteiger partial charge in [-0.2, -0.15) is 0 Å². The van der Waals surface area contributed by atoms with Crippen LogP contribution in [0.25, 0.3) is 0 Å². The molecule has 0 spiro atoms. The van der Waals surface area contributed by atoms with Gasteiger partial charge in [0.1, 0.15) is 18.1 Å². The fourth-order valence-electron chi connectivity index (χ4n) is 7.20. The molecule has 2 aromatic carbocycles. The standard InChI is InChI=1S/C31H30Cl2N2O6/c1-3-13-35-26(37)21-12-11-19-22(24(21)27(35)38)15-30(32)28(39)34(2)29(40)31(30,33)25(19)20-10-9-18(14-23(20)36)41-16-17-7-5-4-6-8-17/h4-11,14,21-22,24-25,36H,3,12-13,15-16H2,1-2H3/t21-,22+,24-,25+,30+,31-/m0/s1. The Morgan fingerprint density at radius 1 is 1.00 bits per heavy atom. The predicted molar refractivity (Wildman–Crippen MR) is 151 cm³/mol. The molecule has 10 heteroatoms. The van der Waals surface area contributed by atoms with Crippen LogP contribution in [0.1, 0.15) is 43.2 Å². The monoisotopic (exact) mass is 596 g/mol. The highest BCUT2D eigenvalue weighted by atomic mass is 35.5. The minimum atomic E-state index is -1.95. The first-order valence-electron chi connectivity index (χ1n) is 13.8. The number of nitrogens with zero attached hydrogens (tertiary/aromatic N) is 2. The number of amides is 4. The summed E-state index contributed by atoms with van der Waals surface area (Å²) in [5.41, 5.74) is 1.89. The number of ether oxygens (including phenoxy) is 1. The fourth-order valence-corrected chi connectivity index (χ4v) is 8.21. The Labute approximate surface area is 247 Å². The van der Waals surface area contributed by atoms with Crippen molar-refractivity contribution in [3.8, 4) is 11.5 Å². The Balaban J connectivity index is 1.44. The minimum absolute atomic E-state index is 0.0749. The van der Waals surface area contributed by atoms with Crippen LogP contribution >= 0.6 is 23.2 Å². The lowest BCUT2D eigenvalue weighted by Gasteiger charge is -2.50. The number of fused-ring (bicyclic) bond motifs is 4. The summed E-state index contributed by atoms with van der Waals surface area (Å²) in [6.07, 6.45) is 2.69. The van der Waals surface area contributed by atoms with Crippen LogP contribution in [0.2, 0.25) is 0 Å². The summed E-state index contributed by atoms with van der Waals surface area (Å²) in [5, 5.41) is 11.3. The van der Waals surface area contributed by atoms with Gasteiger partial charge in [-0.25, -0.2) is 0 Å². The van der Waals surface area contributed by atoms with Crippen LogP contribution in [0, 0.1) is 17.8 Å². The number of likely N-dealkylation sites (tertiary alicyclic amines) is 2. The average molecular weight is 597 g/mol. The molecule has 6 atom stereocenters. The van der Waals surface area contributed by atoms with E-state index in [9.17, 15) is 24.3 Å². The zero-order chi connectivity index (χ0) is 29.3. The highest BCUT2D eigenvalue weighted by molar-refractivity contribution is 6.53. The molecule has 2 heterocycles. The number of allylic oxidation sites excluding steroid dienone is 2. The molecular weight excluding hydrogens is 567 g/mol. The number of imide groups is 2. The third kappa shape index (κ3) is 3.87. The van der Waals surface area contributed by atoms with E-state index in [0.29, 0.717) is 29.9 Å². The van der Waals surface area contributed by atoms with Crippen molar-refractivity contribution in [2.45, 2.75) is 48.5 Å². The molecule has 0 unspecified atom stereocenters. The Morgan fingerprint density at radius 2 is 1.73 bits per heavy atom. The molecule has 0 radical (unpaired) electrons. The number of rotatable bonds is 6. The van der Waals surface area contributed by atoms with Crippen molar-refractivity contribution in [1.29, 1.82) is 0 Å². The van der Waals surface area contributed by atoms with E-state index in [1.54, 1.807) is 12.1 Å². The molecule has 3 fully saturated rings. The molecule has 2 aliphatic heterocycles. The molecule has 2 saturated heterocycles. The van der Waals surface area contributed by atoms with Gasteiger partial charge in [-0.05, 0) is 36.8 Å². The number of hydrogen-bond donors (Lipinski definition) is 1. The zero-order valence-electron chi connectivity index (χ0n) is 22.7. The molecule has 6 rings (SSSR count). The Morgan fingerprint density at radius 3 is 2.41 bits per heavy atom. The van der Waals surface area contributed by atoms with Gasteiger partial charge < -0.3 is 9.84 Å². The Kier molecular flexibility index (Phi) is 6.70. The second-order valence-corrected chi connectivity index (χ2v) is 12.6. The van der Waals surface area contributed by atoms with E-state index in [2.05, 4.69) is 0 Å². The molecule has 4 amide bonds. The van der Waals surface area contributed by atoms with E-state index in [0.717, 1.165) is 10.5 Å². The molecule has 0 bridgehead atoms. The number of carbonyl (C=O) groups is 4. The van der Waals surface area contributed by atoms with E-state index in [1.165, 1.54) is 18.0 Å². The second-order valence-electron chi connectivity index (χ2n) is 11.3. The fraction of sp³-hybridized carbons (Fsp3) is 0.419. The first-order chi connectivity index (χ1) is 19.5. The smallest absolute Gasteiger partial charge is 0.253 e. The zero-order valence-corrected chi connectivity index (χ0v) is 24.2. The lowest BCUT2D eigenvalue weighted by molar-refractivity contribution is -0.141. The van der Waals surface area contributed by atoms with Crippen molar-refractivity contribution in [3.63, 3.8) is 0 Å². The van der Waals surface area contributed by atoms with E-state index in [4.69, 9.17) is 27.9 Å². The van der Waals surface area contributed by atoms with Crippen LogP contribution < -0.4 is 4.74 Å². The number of halogens is 2. The summed E-state index contributed by atoms with van der Waals surface area (Å²) in [6.45, 7) is 2.49. The van der Waals surface area contributed by atoms with Crippen LogP contribution in [0.4, 0.5) is 0 Å². The van der Waals surface area contributed by atoms with Crippen molar-refractivity contribution in [2.24, 2.45) is 17.8 Å². The number of aromatic hydroxyl groups is 1. The molecule has 1 N–H and O–H groups in total. The van der Waals surface area contributed by atoms with Crippen LogP contribution in [0.5, 0.6) is 11.5 Å². The molecule has 1 saturated carbocycles. The lowest BCUT2D eigenvalue weighted by atomic mass is 9.56. The predicted octanol–water partition coefficient (Wildman–Crippen LogP) is 4.37. The lowest BCUT2D eigenvalue weighted by Crippen LogP contribution is -2.60. The minimum Gasteiger partial charge on any atom is -0.508 e. The van der Waals surface area contributed by atoms with E-state index in [-0.39, 0.29) is 37.0 Å². The molecule has 41 heavy (non-hydrogen) atoms. The topological polar surface area (TPSA) is 104 Å². The van der Waals surface area contributed by atoms with Crippen LogP contribution in [0.15, 0.2) is 60.2 Å². The third-order valence-corrected chi connectivity index (χ3v) is 10.5. The van der Waals surface area contributed by atoms with E-state index < -0.39 is 45.2 Å². The van der Waals surface area contributed by atoms with Gasteiger partial charge in [0.2, 0.25) is 11.8 Å². The van der Waals surface area contributed by atoms with Crippen LogP contribution in [0.3, 0.4) is 0 Å². The number of alkyl halides is 2. The average Bonchev–Trinajstić information content (AvgIpc) is 3.28. The molecular formula is C31H30Cl2N2O6. The summed E-state index contributed by atoms with van der Waals surface area (Å²) >= 11 is 14.3. The van der Waals surface area contributed by atoms with Gasteiger partial charge in [0.15, 0.2) is 9.75 Å². The van der Waals surface area contributed by atoms with Gasteiger partial charge in [0.25, 0.3) is 11.8 Å². The molecule has 4 aliphatic rings. The highest BCUT2D eigenvalue weighted by Gasteiger charge is 2.76. The van der Waals surface area contributed by atoms with Gasteiger partial charge in [0.05, 0.1) is 11.8 Å². The summed E-state index contributed by atoms with van der Waals surface area (Å²) in [4.78, 5) is 52.4. The number of hydrogen-bond acceptors (Lipinski definition) is 6. The summed E-state index contributed by atoms with van der Waals surface area (Å²) in [7, 11) is 1.34. The largest absolute Gasteiger partial charge is 0.508 e. The van der Waals surface area contributed by atoms with E-state index in [1.807, 2.05) is 43.3 Å². The van der Waals surface area contributed by atoms with Gasteiger partial charge in [0, 0.05) is 31.1 Å². The molecule has 8 nitrogen and oxygen atoms in total. The normalized spacial score (nSPS) is 32.5. The SMILES string of the molecule is CCCN1C(=O)[C@H]2[C@H](CC=C3[C@H]2C[C@@]2(Cl)C(=O)N(C)C(=O)[C@@]2(Cl)[C@H]3c2ccc(OCc3ccccc3)cc2O)C1=O. The van der Waals surface area contributed by atoms with Gasteiger partial charge in [-0.1, -0.05) is 55.0 Å². The Bertz CT molecular complexity index is 1490. The molecule has 0 aromatic heterocycles. The second kappa shape index (κ2) is 9.88. The Hall–Kier alpha value is -3.36. The van der Waals surface area contributed by atoms with Crippen molar-refractivity contribution < 1.29 is 29.0 Å². The van der Waals surface area contributed by atoms with Crippen molar-refractivity contribution >= 4 is 46.8 Å². The molecule has 2 aliphatic carbocycles. The number of benzene rings is 2. The first-order valence-corrected chi connectivity index (χ1v) is 14.5. The van der Waals surface area contributed by atoms with Gasteiger partial charge in [-0.15, -0.1) is 23.2 Å². The highest BCUT2D eigenvalue weighted by Crippen LogP contribution is 2.66. The number of phenolic OH excluding ortho intramolecular Hbond substituents is 1. The van der Waals surface area contributed by atoms with E-state index >= 15 is 0 Å². The number of carbonyl (C=O) groups excluding carboxylic acids is 4. The van der Waals surface area contributed by atoms with Gasteiger partial charge in [-0.3, -0.25) is 29.0 Å². The van der Waals surface area contributed by atoms with Crippen LogP contribution in [-0.2, 0) is 25.8 Å². The first kappa shape index (κ1) is 27.8. The maximum atomic E-state index is 13.7. The van der Waals surface area contributed by atoms with Crippen molar-refractivity contribution in [1.82, 2.24) is 9.80 Å². The summed E-state index contributed by atoms with van der Waals surface area (Å²) in [6, 6.07) is 14.3. The number of phenols is 1. The van der Waals surface area contributed by atoms with Crippen molar-refractivity contribution in [3.05, 3.63) is 71.3 Å². The maximum Gasteiger partial charge on any atom is 0.253 e.